The Labute approximate surface area is 130 Å². The van der Waals surface area contributed by atoms with Gasteiger partial charge in [-0.05, 0) is 35.8 Å². The molecule has 22 heavy (non-hydrogen) atoms. The van der Waals surface area contributed by atoms with E-state index in [0.29, 0.717) is 5.69 Å². The predicted octanol–water partition coefficient (Wildman–Crippen LogP) is 2.65. The topological polar surface area (TPSA) is 80.0 Å². The van der Waals surface area contributed by atoms with Crippen molar-refractivity contribution in [2.75, 3.05) is 12.9 Å². The van der Waals surface area contributed by atoms with E-state index < -0.39 is 10.1 Å². The van der Waals surface area contributed by atoms with Crippen LogP contribution in [0, 0.1) is 17.2 Å². The lowest BCUT2D eigenvalue weighted by Gasteiger charge is -2.11. The van der Waals surface area contributed by atoms with Gasteiger partial charge >= 0.3 is 0 Å². The molecule has 0 bridgehead atoms. The third-order valence-electron chi connectivity index (χ3n) is 3.43. The lowest BCUT2D eigenvalue weighted by molar-refractivity contribution is 0.260. The normalized spacial score (nSPS) is 13.0. The zero-order valence-corrected chi connectivity index (χ0v) is 13.4. The van der Waals surface area contributed by atoms with Gasteiger partial charge in [0.25, 0.3) is 10.1 Å². The van der Waals surface area contributed by atoms with Gasteiger partial charge in [-0.15, -0.1) is 0 Å². The molecule has 2 rings (SSSR count). The van der Waals surface area contributed by atoms with Crippen LogP contribution in [0.4, 0.5) is 0 Å². The van der Waals surface area contributed by atoms with Crippen LogP contribution in [0.3, 0.4) is 0 Å². The minimum atomic E-state index is -3.38. The van der Waals surface area contributed by atoms with Crippen LogP contribution < -0.4 is 0 Å². The predicted molar refractivity (Wildman–Crippen MR) is 84.7 cm³/mol. The second kappa shape index (κ2) is 6.86. The van der Waals surface area contributed by atoms with Gasteiger partial charge in [-0.25, -0.2) is 4.98 Å². The van der Waals surface area contributed by atoms with Gasteiger partial charge in [0.15, 0.2) is 0 Å². The molecule has 1 heterocycles. The van der Waals surface area contributed by atoms with Gasteiger partial charge in [0, 0.05) is 11.6 Å². The van der Waals surface area contributed by atoms with E-state index in [4.69, 9.17) is 9.44 Å². The summed E-state index contributed by atoms with van der Waals surface area (Å²) in [6.07, 6.45) is 4.35. The fourth-order valence-corrected chi connectivity index (χ4v) is 2.69. The van der Waals surface area contributed by atoms with E-state index >= 15 is 0 Å². The molecule has 1 aromatic carbocycles. The lowest BCUT2D eigenvalue weighted by Crippen LogP contribution is -2.11. The summed E-state index contributed by atoms with van der Waals surface area (Å²) in [5.74, 6) is 0.150. The molecule has 1 aromatic heterocycles. The molecule has 0 fully saturated rings. The molecule has 2 aromatic rings. The molecule has 0 saturated heterocycles. The number of benzene rings is 1. The van der Waals surface area contributed by atoms with Crippen molar-refractivity contribution < 1.29 is 12.6 Å². The van der Waals surface area contributed by atoms with Gasteiger partial charge in [-0.2, -0.15) is 13.7 Å². The summed E-state index contributed by atoms with van der Waals surface area (Å²) < 4.78 is 26.7. The van der Waals surface area contributed by atoms with E-state index in [1.807, 2.05) is 31.2 Å². The molecule has 0 amide bonds. The maximum atomic E-state index is 11.0. The monoisotopic (exact) mass is 318 g/mol. The Bertz CT molecular complexity index is 810. The Morgan fingerprint density at radius 3 is 2.82 bits per heavy atom. The molecule has 0 saturated carbocycles. The quantitative estimate of drug-likeness (QED) is 0.765. The molecule has 0 aliphatic heterocycles. The Hall–Kier alpha value is -1.97. The zero-order chi connectivity index (χ0) is 16.2. The summed E-state index contributed by atoms with van der Waals surface area (Å²) >= 11 is 0. The zero-order valence-electron chi connectivity index (χ0n) is 12.6. The molecule has 5 nitrogen and oxygen atoms in total. The molecule has 0 radical (unpaired) electrons. The van der Waals surface area contributed by atoms with Crippen LogP contribution >= 0.6 is 0 Å². The van der Waals surface area contributed by atoms with Crippen LogP contribution in [0.2, 0.25) is 0 Å². The summed E-state index contributed by atoms with van der Waals surface area (Å²) in [4.78, 5) is 4.04. The van der Waals surface area contributed by atoms with Crippen molar-refractivity contribution in [3.63, 3.8) is 0 Å². The van der Waals surface area contributed by atoms with E-state index in [2.05, 4.69) is 11.1 Å². The largest absolute Gasteiger partial charge is 0.270 e. The van der Waals surface area contributed by atoms with Crippen molar-refractivity contribution in [1.82, 2.24) is 4.98 Å². The number of hydrogen-bond acceptors (Lipinski definition) is 5. The minimum absolute atomic E-state index is 0.150. The van der Waals surface area contributed by atoms with Gasteiger partial charge in [0.1, 0.15) is 11.8 Å². The van der Waals surface area contributed by atoms with E-state index in [1.54, 1.807) is 6.20 Å². The highest BCUT2D eigenvalue weighted by Crippen LogP contribution is 2.20. The van der Waals surface area contributed by atoms with E-state index in [9.17, 15) is 8.42 Å². The molecule has 0 aliphatic carbocycles. The molecule has 116 valence electrons. The molecule has 0 aliphatic rings. The summed E-state index contributed by atoms with van der Waals surface area (Å²) in [5.41, 5.74) is 1.58. The molecule has 0 N–H and O–H groups in total. The third-order valence-corrected chi connectivity index (χ3v) is 3.99. The molecular formula is C16H18N2O3S. The highest BCUT2D eigenvalue weighted by atomic mass is 32.2. The number of nitrogens with zero attached hydrogens (tertiary/aromatic N) is 2. The Kier molecular flexibility index (Phi) is 5.11. The van der Waals surface area contributed by atoms with Gasteiger partial charge in [-0.1, -0.05) is 25.1 Å². The summed E-state index contributed by atoms with van der Waals surface area (Å²) in [6, 6.07) is 9.91. The first kappa shape index (κ1) is 16.4. The maximum absolute atomic E-state index is 11.0. The highest BCUT2D eigenvalue weighted by Gasteiger charge is 2.09. The van der Waals surface area contributed by atoms with Gasteiger partial charge in [0.2, 0.25) is 0 Å². The fraction of sp³-hybridized carbons (Fsp3) is 0.375. The summed E-state index contributed by atoms with van der Waals surface area (Å²) in [5, 5.41) is 10.9. The van der Waals surface area contributed by atoms with Gasteiger partial charge < -0.3 is 0 Å². The van der Waals surface area contributed by atoms with E-state index in [1.165, 1.54) is 0 Å². The first-order valence-electron chi connectivity index (χ1n) is 7.01. The lowest BCUT2D eigenvalue weighted by atomic mass is 9.99. The van der Waals surface area contributed by atoms with Crippen molar-refractivity contribution in [3.8, 4) is 6.07 Å². The summed E-state index contributed by atoms with van der Waals surface area (Å²) in [7, 11) is -3.38. The molecule has 0 spiro atoms. The van der Waals surface area contributed by atoms with Crippen LogP contribution in [0.25, 0.3) is 10.8 Å². The van der Waals surface area contributed by atoms with E-state index in [0.717, 1.165) is 35.4 Å². The molecule has 6 heteroatoms. The van der Waals surface area contributed by atoms with Crippen LogP contribution in [0.1, 0.15) is 24.6 Å². The van der Waals surface area contributed by atoms with Crippen molar-refractivity contribution in [3.05, 3.63) is 41.7 Å². The number of aromatic nitrogens is 1. The Balaban J connectivity index is 2.02. The Morgan fingerprint density at radius 2 is 2.14 bits per heavy atom. The number of rotatable bonds is 6. The maximum Gasteiger partial charge on any atom is 0.264 e. The first-order valence-corrected chi connectivity index (χ1v) is 8.83. The SMILES string of the molecule is C[C@@H](CCc1ccc2c(C#N)nccc2c1)COS(C)(=O)=O. The highest BCUT2D eigenvalue weighted by molar-refractivity contribution is 7.85. The molecule has 0 unspecified atom stereocenters. The van der Waals surface area contributed by atoms with Crippen LogP contribution in [-0.2, 0) is 20.7 Å². The standard InChI is InChI=1S/C16H18N2O3S/c1-12(11-21-22(2,19)20)3-4-13-5-6-15-14(9-13)7-8-18-16(15)10-17/h5-9,12H,3-4,11H2,1-2H3/t12-/m0/s1. The second-order valence-electron chi connectivity index (χ2n) is 5.46. The van der Waals surface area contributed by atoms with Crippen LogP contribution in [0.5, 0.6) is 0 Å². The third kappa shape index (κ3) is 4.52. The van der Waals surface area contributed by atoms with Crippen LogP contribution in [-0.4, -0.2) is 26.3 Å². The smallest absolute Gasteiger partial charge is 0.264 e. The Morgan fingerprint density at radius 1 is 1.36 bits per heavy atom. The van der Waals surface area contributed by atoms with Crippen molar-refractivity contribution >= 4 is 20.9 Å². The number of aryl methyl sites for hydroxylation is 1. The number of pyridine rings is 1. The minimum Gasteiger partial charge on any atom is -0.270 e. The van der Waals surface area contributed by atoms with Crippen molar-refractivity contribution in [1.29, 1.82) is 5.26 Å². The average Bonchev–Trinajstić information content (AvgIpc) is 2.49. The van der Waals surface area contributed by atoms with Crippen molar-refractivity contribution in [2.24, 2.45) is 5.92 Å². The average molecular weight is 318 g/mol. The fourth-order valence-electron chi connectivity index (χ4n) is 2.21. The second-order valence-corrected chi connectivity index (χ2v) is 7.10. The molecular weight excluding hydrogens is 300 g/mol. The molecule has 1 atom stereocenters. The number of hydrogen-bond donors (Lipinski definition) is 0. The van der Waals surface area contributed by atoms with Crippen molar-refractivity contribution in [2.45, 2.75) is 19.8 Å². The number of fused-ring (bicyclic) bond motifs is 1. The summed E-state index contributed by atoms with van der Waals surface area (Å²) in [6.45, 7) is 2.17. The first-order chi connectivity index (χ1) is 10.4. The van der Waals surface area contributed by atoms with Crippen LogP contribution in [0.15, 0.2) is 30.5 Å². The van der Waals surface area contributed by atoms with Gasteiger partial charge in [-0.3, -0.25) is 4.18 Å². The van der Waals surface area contributed by atoms with E-state index in [-0.39, 0.29) is 12.5 Å². The number of nitriles is 1. The van der Waals surface area contributed by atoms with Gasteiger partial charge in [0.05, 0.1) is 12.9 Å².